The van der Waals surface area contributed by atoms with Crippen LogP contribution in [0.5, 0.6) is 0 Å². The van der Waals surface area contributed by atoms with Gasteiger partial charge in [0.15, 0.2) is 6.10 Å². The molecule has 0 aliphatic heterocycles. The summed E-state index contributed by atoms with van der Waals surface area (Å²) in [5.41, 5.74) is 0.972. The maximum atomic E-state index is 11.8. The number of esters is 1. The van der Waals surface area contributed by atoms with Crippen LogP contribution in [0, 0.1) is 12.3 Å². The van der Waals surface area contributed by atoms with Crippen molar-refractivity contribution in [3.63, 3.8) is 0 Å². The number of hydrogen-bond acceptors (Lipinski definition) is 2. The zero-order valence-electron chi connectivity index (χ0n) is 9.64. The molecule has 2 heteroatoms. The molecule has 0 aliphatic carbocycles. The first-order valence-electron chi connectivity index (χ1n) is 5.40. The van der Waals surface area contributed by atoms with E-state index < -0.39 is 6.10 Å². The second-order valence-corrected chi connectivity index (χ2v) is 3.62. The Balaban J connectivity index is 2.76. The molecule has 2 unspecified atom stereocenters. The average molecular weight is 216 g/mol. The minimum absolute atomic E-state index is 0.225. The third kappa shape index (κ3) is 3.13. The molecule has 0 bridgehead atoms. The van der Waals surface area contributed by atoms with Crippen LogP contribution in [-0.4, -0.2) is 12.1 Å². The summed E-state index contributed by atoms with van der Waals surface area (Å²) < 4.78 is 5.13. The maximum Gasteiger partial charge on any atom is 0.314 e. The van der Waals surface area contributed by atoms with Gasteiger partial charge < -0.3 is 4.74 Å². The summed E-state index contributed by atoms with van der Waals surface area (Å²) in [4.78, 5) is 11.8. The third-order valence-electron chi connectivity index (χ3n) is 2.42. The average Bonchev–Trinajstić information content (AvgIpc) is 2.31. The molecule has 0 amide bonds. The van der Waals surface area contributed by atoms with Crippen molar-refractivity contribution >= 4 is 5.97 Å². The minimum Gasteiger partial charge on any atom is -0.449 e. The highest BCUT2D eigenvalue weighted by Gasteiger charge is 2.21. The first-order valence-corrected chi connectivity index (χ1v) is 5.40. The standard InChI is InChI=1S/C14H16O2/c1-4-11(3)16-14(15)13(5-2)12-9-7-6-8-10-12/h1,6-11,13H,5H2,2-3H3. The first-order chi connectivity index (χ1) is 7.69. The molecule has 84 valence electrons. The van der Waals surface area contributed by atoms with Gasteiger partial charge in [0.2, 0.25) is 0 Å². The first kappa shape index (κ1) is 12.3. The van der Waals surface area contributed by atoms with Crippen LogP contribution < -0.4 is 0 Å². The van der Waals surface area contributed by atoms with Crippen molar-refractivity contribution in [2.75, 3.05) is 0 Å². The van der Waals surface area contributed by atoms with E-state index in [1.54, 1.807) is 6.92 Å². The van der Waals surface area contributed by atoms with Gasteiger partial charge in [-0.15, -0.1) is 6.42 Å². The summed E-state index contributed by atoms with van der Waals surface area (Å²) in [7, 11) is 0. The van der Waals surface area contributed by atoms with Crippen molar-refractivity contribution in [1.29, 1.82) is 0 Å². The molecule has 1 aromatic rings. The van der Waals surface area contributed by atoms with Crippen LogP contribution in [-0.2, 0) is 9.53 Å². The highest BCUT2D eigenvalue weighted by atomic mass is 16.5. The molecule has 0 saturated carbocycles. The summed E-state index contributed by atoms with van der Waals surface area (Å²) in [6.07, 6.45) is 5.41. The van der Waals surface area contributed by atoms with E-state index in [1.807, 2.05) is 37.3 Å². The van der Waals surface area contributed by atoms with Crippen LogP contribution >= 0.6 is 0 Å². The normalized spacial score (nSPS) is 13.6. The Hall–Kier alpha value is -1.75. The van der Waals surface area contributed by atoms with Crippen molar-refractivity contribution in [1.82, 2.24) is 0 Å². The molecule has 0 spiro atoms. The van der Waals surface area contributed by atoms with Crippen molar-refractivity contribution in [2.24, 2.45) is 0 Å². The van der Waals surface area contributed by atoms with Crippen LogP contribution in [0.4, 0.5) is 0 Å². The Labute approximate surface area is 96.6 Å². The van der Waals surface area contributed by atoms with Crippen LogP contribution in [0.3, 0.4) is 0 Å². The fraction of sp³-hybridized carbons (Fsp3) is 0.357. The van der Waals surface area contributed by atoms with E-state index in [1.165, 1.54) is 0 Å². The summed E-state index contributed by atoms with van der Waals surface area (Å²) in [6, 6.07) is 9.60. The van der Waals surface area contributed by atoms with Crippen molar-refractivity contribution < 1.29 is 9.53 Å². The monoisotopic (exact) mass is 216 g/mol. The fourth-order valence-electron chi connectivity index (χ4n) is 1.51. The maximum absolute atomic E-state index is 11.8. The van der Waals surface area contributed by atoms with Gasteiger partial charge in [0.05, 0.1) is 5.92 Å². The molecular formula is C14H16O2. The lowest BCUT2D eigenvalue weighted by molar-refractivity contribution is -0.147. The number of carbonyl (C=O) groups excluding carboxylic acids is 1. The Morgan fingerprint density at radius 3 is 2.56 bits per heavy atom. The Kier molecular flexibility index (Phi) is 4.60. The molecule has 0 saturated heterocycles. The molecule has 2 nitrogen and oxygen atoms in total. The molecule has 0 N–H and O–H groups in total. The number of benzene rings is 1. The second-order valence-electron chi connectivity index (χ2n) is 3.62. The Bertz CT molecular complexity index is 375. The zero-order valence-corrected chi connectivity index (χ0v) is 9.64. The highest BCUT2D eigenvalue weighted by Crippen LogP contribution is 2.21. The van der Waals surface area contributed by atoms with Gasteiger partial charge in [-0.2, -0.15) is 0 Å². The number of terminal acetylenes is 1. The van der Waals surface area contributed by atoms with E-state index in [2.05, 4.69) is 5.92 Å². The van der Waals surface area contributed by atoms with Crippen LogP contribution in [0.2, 0.25) is 0 Å². The van der Waals surface area contributed by atoms with Gasteiger partial charge in [0, 0.05) is 0 Å². The SMILES string of the molecule is C#CC(C)OC(=O)C(CC)c1ccccc1. The molecule has 0 radical (unpaired) electrons. The molecule has 0 fully saturated rings. The van der Waals surface area contributed by atoms with Crippen LogP contribution in [0.15, 0.2) is 30.3 Å². The molecule has 0 aromatic heterocycles. The minimum atomic E-state index is -0.467. The van der Waals surface area contributed by atoms with Gasteiger partial charge in [-0.25, -0.2) is 0 Å². The van der Waals surface area contributed by atoms with E-state index >= 15 is 0 Å². The number of hydrogen-bond donors (Lipinski definition) is 0. The molecule has 0 aliphatic rings. The third-order valence-corrected chi connectivity index (χ3v) is 2.42. The summed E-state index contributed by atoms with van der Waals surface area (Å²) in [5.74, 6) is 1.91. The zero-order chi connectivity index (χ0) is 12.0. The highest BCUT2D eigenvalue weighted by molar-refractivity contribution is 5.78. The topological polar surface area (TPSA) is 26.3 Å². The van der Waals surface area contributed by atoms with Crippen molar-refractivity contribution in [3.8, 4) is 12.3 Å². The van der Waals surface area contributed by atoms with Gasteiger partial charge in [0.1, 0.15) is 0 Å². The Morgan fingerprint density at radius 2 is 2.06 bits per heavy atom. The van der Waals surface area contributed by atoms with Gasteiger partial charge in [-0.1, -0.05) is 43.2 Å². The van der Waals surface area contributed by atoms with E-state index in [-0.39, 0.29) is 11.9 Å². The molecule has 16 heavy (non-hydrogen) atoms. The van der Waals surface area contributed by atoms with Gasteiger partial charge in [0.25, 0.3) is 0 Å². The number of rotatable bonds is 4. The smallest absolute Gasteiger partial charge is 0.314 e. The second kappa shape index (κ2) is 5.97. The van der Waals surface area contributed by atoms with E-state index in [0.717, 1.165) is 5.56 Å². The molecular weight excluding hydrogens is 200 g/mol. The van der Waals surface area contributed by atoms with E-state index in [0.29, 0.717) is 6.42 Å². The lowest BCUT2D eigenvalue weighted by Crippen LogP contribution is -2.20. The van der Waals surface area contributed by atoms with Crippen molar-refractivity contribution in [2.45, 2.75) is 32.3 Å². The van der Waals surface area contributed by atoms with E-state index in [9.17, 15) is 4.79 Å². The Morgan fingerprint density at radius 1 is 1.44 bits per heavy atom. The quantitative estimate of drug-likeness (QED) is 0.571. The van der Waals surface area contributed by atoms with Gasteiger partial charge >= 0.3 is 5.97 Å². The van der Waals surface area contributed by atoms with Gasteiger partial charge in [-0.3, -0.25) is 4.79 Å². The molecule has 0 heterocycles. The number of ether oxygens (including phenoxy) is 1. The van der Waals surface area contributed by atoms with E-state index in [4.69, 9.17) is 11.2 Å². The van der Waals surface area contributed by atoms with Crippen LogP contribution in [0.25, 0.3) is 0 Å². The molecule has 2 atom stereocenters. The molecule has 1 aromatic carbocycles. The van der Waals surface area contributed by atoms with Crippen LogP contribution in [0.1, 0.15) is 31.7 Å². The fourth-order valence-corrected chi connectivity index (χ4v) is 1.51. The van der Waals surface area contributed by atoms with Crippen molar-refractivity contribution in [3.05, 3.63) is 35.9 Å². The van der Waals surface area contributed by atoms with Gasteiger partial charge in [-0.05, 0) is 18.9 Å². The lowest BCUT2D eigenvalue weighted by atomic mass is 9.97. The molecule has 1 rings (SSSR count). The predicted octanol–water partition coefficient (Wildman–Crippen LogP) is 2.75. The summed E-state index contributed by atoms with van der Waals surface area (Å²) >= 11 is 0. The summed E-state index contributed by atoms with van der Waals surface area (Å²) in [6.45, 7) is 3.65. The number of carbonyl (C=O) groups is 1. The largest absolute Gasteiger partial charge is 0.449 e. The lowest BCUT2D eigenvalue weighted by Gasteiger charge is -2.15. The summed E-state index contributed by atoms with van der Waals surface area (Å²) in [5, 5.41) is 0. The predicted molar refractivity (Wildman–Crippen MR) is 63.9 cm³/mol.